The van der Waals surface area contributed by atoms with Crippen molar-refractivity contribution < 1.29 is 17.9 Å². The minimum absolute atomic E-state index is 0.214. The van der Waals surface area contributed by atoms with Gasteiger partial charge in [-0.05, 0) is 67.6 Å². The molecule has 0 saturated carbocycles. The molecule has 178 valence electrons. The molecular weight excluding hydrogens is 460 g/mol. The highest BCUT2D eigenvalue weighted by Crippen LogP contribution is 2.35. The zero-order valence-electron chi connectivity index (χ0n) is 18.8. The summed E-state index contributed by atoms with van der Waals surface area (Å²) in [5.74, 6) is -0.214. The van der Waals surface area contributed by atoms with Crippen LogP contribution in [0.25, 0.3) is 0 Å². The topological polar surface area (TPSA) is 75.7 Å². The number of benzene rings is 2. The van der Waals surface area contributed by atoms with Crippen LogP contribution in [0.2, 0.25) is 5.02 Å². The first kappa shape index (κ1) is 24.2. The Bertz CT molecular complexity index is 1040. The van der Waals surface area contributed by atoms with Crippen molar-refractivity contribution in [3.8, 4) is 0 Å². The van der Waals surface area contributed by atoms with Gasteiger partial charge in [-0.1, -0.05) is 36.6 Å². The van der Waals surface area contributed by atoms with Crippen molar-refractivity contribution in [2.45, 2.75) is 48.8 Å². The van der Waals surface area contributed by atoms with Crippen LogP contribution in [0.4, 0.5) is 0 Å². The summed E-state index contributed by atoms with van der Waals surface area (Å²) in [6.07, 6.45) is 5.52. The van der Waals surface area contributed by atoms with Crippen molar-refractivity contribution >= 4 is 27.5 Å². The molecule has 2 aliphatic heterocycles. The Hall–Kier alpha value is -1.93. The van der Waals surface area contributed by atoms with E-state index in [0.29, 0.717) is 43.4 Å². The summed E-state index contributed by atoms with van der Waals surface area (Å²) in [6, 6.07) is 14.1. The molecule has 2 fully saturated rings. The minimum atomic E-state index is -3.53. The minimum Gasteiger partial charge on any atom is -0.381 e. The van der Waals surface area contributed by atoms with Gasteiger partial charge in [-0.15, -0.1) is 0 Å². The van der Waals surface area contributed by atoms with E-state index in [4.69, 9.17) is 16.3 Å². The van der Waals surface area contributed by atoms with Crippen LogP contribution in [0.1, 0.15) is 54.4 Å². The Morgan fingerprint density at radius 3 is 2.15 bits per heavy atom. The number of carbonyl (C=O) groups is 1. The van der Waals surface area contributed by atoms with E-state index in [1.165, 1.54) is 0 Å². The van der Waals surface area contributed by atoms with Crippen LogP contribution in [0.15, 0.2) is 53.4 Å². The largest absolute Gasteiger partial charge is 0.381 e. The van der Waals surface area contributed by atoms with Gasteiger partial charge in [-0.2, -0.15) is 4.31 Å². The average molecular weight is 491 g/mol. The highest BCUT2D eigenvalue weighted by atomic mass is 35.5. The number of hydrogen-bond acceptors (Lipinski definition) is 4. The maximum atomic E-state index is 13.0. The van der Waals surface area contributed by atoms with E-state index in [-0.39, 0.29) is 16.2 Å². The molecule has 2 saturated heterocycles. The van der Waals surface area contributed by atoms with Crippen LogP contribution >= 0.6 is 11.6 Å². The lowest BCUT2D eigenvalue weighted by Gasteiger charge is -2.38. The Labute approximate surface area is 201 Å². The molecule has 6 nitrogen and oxygen atoms in total. The summed E-state index contributed by atoms with van der Waals surface area (Å²) >= 11 is 6.07. The SMILES string of the molecule is O=C(NCC1(c2ccc(Cl)cc2)CCOCC1)c1ccc(S(=O)(=O)N2CCCCCC2)cc1. The standard InChI is InChI=1S/C25H31ClN2O4S/c26-22-9-7-21(8-10-22)25(13-17-32-18-14-25)19-27-24(29)20-5-11-23(12-6-20)33(30,31)28-15-3-1-2-4-16-28/h5-12H,1-4,13-19H2,(H,27,29). The maximum absolute atomic E-state index is 13.0. The molecule has 8 heteroatoms. The Balaban J connectivity index is 1.45. The molecule has 2 aliphatic rings. The predicted octanol–water partition coefficient (Wildman–Crippen LogP) is 4.38. The molecule has 2 heterocycles. The second-order valence-corrected chi connectivity index (χ2v) is 11.3. The first-order valence-electron chi connectivity index (χ1n) is 11.6. The van der Waals surface area contributed by atoms with Crippen molar-refractivity contribution in [1.82, 2.24) is 9.62 Å². The molecule has 2 aromatic rings. The summed E-state index contributed by atoms with van der Waals surface area (Å²) in [5, 5.41) is 3.75. The van der Waals surface area contributed by atoms with Crippen molar-refractivity contribution in [3.63, 3.8) is 0 Å². The van der Waals surface area contributed by atoms with Gasteiger partial charge in [0.1, 0.15) is 0 Å². The summed E-state index contributed by atoms with van der Waals surface area (Å²) in [7, 11) is -3.53. The van der Waals surface area contributed by atoms with Crippen molar-refractivity contribution in [2.24, 2.45) is 0 Å². The summed E-state index contributed by atoms with van der Waals surface area (Å²) < 4.78 is 33.1. The molecule has 0 bridgehead atoms. The van der Waals surface area contributed by atoms with Gasteiger partial charge in [0.05, 0.1) is 4.90 Å². The number of nitrogens with zero attached hydrogens (tertiary/aromatic N) is 1. The molecule has 0 atom stereocenters. The van der Waals surface area contributed by atoms with E-state index in [0.717, 1.165) is 44.1 Å². The molecule has 0 aromatic heterocycles. The molecule has 0 spiro atoms. The third-order valence-corrected chi connectivity index (χ3v) is 8.98. The number of hydrogen-bond donors (Lipinski definition) is 1. The normalized spacial score (nSPS) is 19.5. The molecule has 0 aliphatic carbocycles. The number of amides is 1. The van der Waals surface area contributed by atoms with E-state index in [2.05, 4.69) is 5.32 Å². The lowest BCUT2D eigenvalue weighted by Crippen LogP contribution is -2.44. The quantitative estimate of drug-likeness (QED) is 0.651. The van der Waals surface area contributed by atoms with Crippen LogP contribution in [-0.4, -0.2) is 51.5 Å². The fourth-order valence-electron chi connectivity index (χ4n) is 4.69. The van der Waals surface area contributed by atoms with Gasteiger partial charge < -0.3 is 10.1 Å². The zero-order valence-corrected chi connectivity index (χ0v) is 20.3. The molecule has 33 heavy (non-hydrogen) atoms. The lowest BCUT2D eigenvalue weighted by molar-refractivity contribution is 0.0487. The smallest absolute Gasteiger partial charge is 0.251 e. The third-order valence-electron chi connectivity index (χ3n) is 6.81. The highest BCUT2D eigenvalue weighted by molar-refractivity contribution is 7.89. The van der Waals surface area contributed by atoms with Crippen LogP contribution in [0.5, 0.6) is 0 Å². The molecule has 4 rings (SSSR count). The lowest BCUT2D eigenvalue weighted by atomic mass is 9.74. The fraction of sp³-hybridized carbons (Fsp3) is 0.480. The van der Waals surface area contributed by atoms with Crippen molar-refractivity contribution in [2.75, 3.05) is 32.8 Å². The summed E-state index contributed by atoms with van der Waals surface area (Å²) in [4.78, 5) is 13.1. The van der Waals surface area contributed by atoms with Crippen LogP contribution in [-0.2, 0) is 20.2 Å². The Morgan fingerprint density at radius 2 is 1.55 bits per heavy atom. The predicted molar refractivity (Wildman–Crippen MR) is 129 cm³/mol. The van der Waals surface area contributed by atoms with E-state index < -0.39 is 10.0 Å². The first-order valence-corrected chi connectivity index (χ1v) is 13.4. The third kappa shape index (κ3) is 5.60. The molecule has 1 amide bonds. The van der Waals surface area contributed by atoms with Crippen LogP contribution < -0.4 is 5.32 Å². The van der Waals surface area contributed by atoms with Gasteiger partial charge in [0.2, 0.25) is 10.0 Å². The fourth-order valence-corrected chi connectivity index (χ4v) is 6.34. The average Bonchev–Trinajstić information content (AvgIpc) is 3.14. The monoisotopic (exact) mass is 490 g/mol. The Kier molecular flexibility index (Phi) is 7.74. The van der Waals surface area contributed by atoms with E-state index in [1.807, 2.05) is 24.3 Å². The second-order valence-electron chi connectivity index (χ2n) is 8.92. The van der Waals surface area contributed by atoms with Gasteiger partial charge in [0, 0.05) is 48.8 Å². The number of halogens is 1. The molecule has 2 aromatic carbocycles. The second kappa shape index (κ2) is 10.6. The molecule has 1 N–H and O–H groups in total. The highest BCUT2D eigenvalue weighted by Gasteiger charge is 2.35. The zero-order chi connectivity index (χ0) is 23.3. The van der Waals surface area contributed by atoms with Crippen LogP contribution in [0, 0.1) is 0 Å². The number of nitrogens with one attached hydrogen (secondary N) is 1. The van der Waals surface area contributed by atoms with Gasteiger partial charge >= 0.3 is 0 Å². The van der Waals surface area contributed by atoms with Crippen molar-refractivity contribution in [3.05, 3.63) is 64.7 Å². The van der Waals surface area contributed by atoms with E-state index in [1.54, 1.807) is 28.6 Å². The molecule has 0 radical (unpaired) electrons. The van der Waals surface area contributed by atoms with Gasteiger partial charge in [0.15, 0.2) is 0 Å². The van der Waals surface area contributed by atoms with Gasteiger partial charge in [-0.25, -0.2) is 8.42 Å². The van der Waals surface area contributed by atoms with E-state index >= 15 is 0 Å². The number of ether oxygens (including phenoxy) is 1. The summed E-state index contributed by atoms with van der Waals surface area (Å²) in [6.45, 7) is 2.87. The number of carbonyl (C=O) groups excluding carboxylic acids is 1. The molecular formula is C25H31ClN2O4S. The Morgan fingerprint density at radius 1 is 0.939 bits per heavy atom. The molecule has 0 unspecified atom stereocenters. The van der Waals surface area contributed by atoms with E-state index in [9.17, 15) is 13.2 Å². The van der Waals surface area contributed by atoms with Crippen molar-refractivity contribution in [1.29, 1.82) is 0 Å². The maximum Gasteiger partial charge on any atom is 0.251 e. The number of rotatable bonds is 6. The number of sulfonamides is 1. The summed E-state index contributed by atoms with van der Waals surface area (Å²) in [5.41, 5.74) is 1.37. The van der Waals surface area contributed by atoms with Crippen LogP contribution in [0.3, 0.4) is 0 Å². The first-order chi connectivity index (χ1) is 15.9. The van der Waals surface area contributed by atoms with Gasteiger partial charge in [0.25, 0.3) is 5.91 Å². The van der Waals surface area contributed by atoms with Gasteiger partial charge in [-0.3, -0.25) is 4.79 Å².